The summed E-state index contributed by atoms with van der Waals surface area (Å²) in [5.74, 6) is -0.713. The van der Waals surface area contributed by atoms with Crippen molar-refractivity contribution in [3.63, 3.8) is 0 Å². The molecule has 2 N–H and O–H groups in total. The zero-order chi connectivity index (χ0) is 15.9. The zero-order valence-corrected chi connectivity index (χ0v) is 12.9. The van der Waals surface area contributed by atoms with E-state index in [2.05, 4.69) is 31.1 Å². The number of benzene rings is 1. The molecule has 2 amide bonds. The van der Waals surface area contributed by atoms with E-state index in [1.165, 1.54) is 5.56 Å². The van der Waals surface area contributed by atoms with Crippen molar-refractivity contribution in [2.75, 3.05) is 0 Å². The Morgan fingerprint density at radius 1 is 1.00 bits per heavy atom. The summed E-state index contributed by atoms with van der Waals surface area (Å²) in [4.78, 5) is 27.2. The van der Waals surface area contributed by atoms with Crippen LogP contribution >= 0.6 is 0 Å². The molecule has 0 aliphatic carbocycles. The van der Waals surface area contributed by atoms with Gasteiger partial charge in [-0.05, 0) is 29.2 Å². The van der Waals surface area contributed by atoms with Gasteiger partial charge in [-0.2, -0.15) is 0 Å². The summed E-state index contributed by atoms with van der Waals surface area (Å²) in [7, 11) is 0. The fraction of sp³-hybridized carbons (Fsp3) is 0.222. The molecule has 0 unspecified atom stereocenters. The summed E-state index contributed by atoms with van der Waals surface area (Å²) in [6.07, 6.45) is 3.74. The molecule has 0 spiro atoms. The lowest BCUT2D eigenvalue weighted by atomic mass is 9.89. The van der Waals surface area contributed by atoms with Crippen LogP contribution in [0.5, 0.6) is 0 Å². The zero-order valence-electron chi connectivity index (χ0n) is 12.9. The summed E-state index contributed by atoms with van der Waals surface area (Å²) in [6.45, 7) is 6.40. The lowest BCUT2D eigenvalue weighted by Crippen LogP contribution is -2.36. The maximum absolute atomic E-state index is 12.2. The van der Waals surface area contributed by atoms with Crippen LogP contribution in [0.4, 0.5) is 0 Å². The minimum Gasteiger partial charge on any atom is -0.361 e. The predicted octanol–water partition coefficient (Wildman–Crippen LogP) is 3.12. The molecule has 0 atom stereocenters. The summed E-state index contributed by atoms with van der Waals surface area (Å²) in [5, 5.41) is 2.38. The van der Waals surface area contributed by atoms with Crippen LogP contribution in [0, 0.1) is 0 Å². The lowest BCUT2D eigenvalue weighted by molar-refractivity contribution is -0.114. The number of nitrogens with one attached hydrogen (secondary N) is 2. The Morgan fingerprint density at radius 2 is 1.68 bits per heavy atom. The maximum atomic E-state index is 12.2. The van der Waals surface area contributed by atoms with Crippen molar-refractivity contribution >= 4 is 23.5 Å². The number of aromatic nitrogens is 1. The highest BCUT2D eigenvalue weighted by Crippen LogP contribution is 2.28. The molecule has 1 aromatic carbocycles. The molecule has 2 aromatic rings. The smallest absolute Gasteiger partial charge is 0.258 e. The van der Waals surface area contributed by atoms with Crippen molar-refractivity contribution in [2.24, 2.45) is 0 Å². The number of carbonyl (C=O) groups excluding carboxylic acids is 2. The molecule has 3 rings (SSSR count). The number of hydrogen-bond acceptors (Lipinski definition) is 2. The van der Waals surface area contributed by atoms with Gasteiger partial charge in [0.15, 0.2) is 0 Å². The van der Waals surface area contributed by atoms with Crippen molar-refractivity contribution in [1.82, 2.24) is 10.3 Å². The molecule has 0 fully saturated rings. The van der Waals surface area contributed by atoms with Gasteiger partial charge in [-0.25, -0.2) is 0 Å². The molecule has 0 saturated heterocycles. The van der Waals surface area contributed by atoms with Gasteiger partial charge in [-0.3, -0.25) is 14.9 Å². The van der Waals surface area contributed by atoms with E-state index in [0.717, 1.165) is 5.69 Å². The van der Waals surface area contributed by atoms with Crippen LogP contribution < -0.4 is 5.32 Å². The van der Waals surface area contributed by atoms with E-state index in [1.54, 1.807) is 24.3 Å². The Labute approximate surface area is 129 Å². The Morgan fingerprint density at radius 3 is 2.32 bits per heavy atom. The average Bonchev–Trinajstić information content (AvgIpc) is 2.92. The molecule has 0 radical (unpaired) electrons. The lowest BCUT2D eigenvalue weighted by Gasteiger charge is -2.17. The number of H-pyrrole nitrogens is 1. The number of fused-ring (bicyclic) bond motifs is 1. The highest BCUT2D eigenvalue weighted by molar-refractivity contribution is 6.33. The minimum atomic E-state index is -0.365. The first kappa shape index (κ1) is 14.3. The second kappa shape index (κ2) is 4.98. The number of imide groups is 1. The van der Waals surface area contributed by atoms with E-state index in [9.17, 15) is 9.59 Å². The molecule has 0 bridgehead atoms. The largest absolute Gasteiger partial charge is 0.361 e. The molecule has 1 aliphatic heterocycles. The second-order valence-corrected chi connectivity index (χ2v) is 6.48. The van der Waals surface area contributed by atoms with Gasteiger partial charge >= 0.3 is 0 Å². The van der Waals surface area contributed by atoms with Crippen LogP contribution in [-0.4, -0.2) is 16.8 Å². The SMILES string of the molecule is CC(C)(C)c1c[nH]c(C=C2C(=O)NC(=O)c3ccccc32)c1. The Bertz CT molecular complexity index is 791. The van der Waals surface area contributed by atoms with Crippen molar-refractivity contribution in [3.8, 4) is 0 Å². The fourth-order valence-corrected chi connectivity index (χ4v) is 2.50. The average molecular weight is 294 g/mol. The van der Waals surface area contributed by atoms with Crippen LogP contribution in [0.25, 0.3) is 11.6 Å². The third-order valence-electron chi connectivity index (χ3n) is 3.80. The first-order valence-corrected chi connectivity index (χ1v) is 7.22. The third-order valence-corrected chi connectivity index (χ3v) is 3.80. The Kier molecular flexibility index (Phi) is 3.24. The number of carbonyl (C=O) groups is 2. The maximum Gasteiger partial charge on any atom is 0.258 e. The van der Waals surface area contributed by atoms with E-state index in [0.29, 0.717) is 16.7 Å². The van der Waals surface area contributed by atoms with Gasteiger partial charge in [0.1, 0.15) is 0 Å². The van der Waals surface area contributed by atoms with E-state index in [4.69, 9.17) is 0 Å². The molecular formula is C18H18N2O2. The highest BCUT2D eigenvalue weighted by atomic mass is 16.2. The van der Waals surface area contributed by atoms with Crippen LogP contribution in [0.15, 0.2) is 36.5 Å². The van der Waals surface area contributed by atoms with Crippen molar-refractivity contribution in [2.45, 2.75) is 26.2 Å². The van der Waals surface area contributed by atoms with Gasteiger partial charge in [0.05, 0.1) is 0 Å². The summed E-state index contributed by atoms with van der Waals surface area (Å²) >= 11 is 0. The van der Waals surface area contributed by atoms with E-state index in [-0.39, 0.29) is 17.2 Å². The first-order valence-electron chi connectivity index (χ1n) is 7.22. The number of amides is 2. The van der Waals surface area contributed by atoms with Crippen LogP contribution in [-0.2, 0) is 10.2 Å². The normalized spacial score (nSPS) is 16.6. The molecule has 4 nitrogen and oxygen atoms in total. The van der Waals surface area contributed by atoms with Crippen LogP contribution in [0.3, 0.4) is 0 Å². The van der Waals surface area contributed by atoms with Gasteiger partial charge in [-0.1, -0.05) is 39.0 Å². The quantitative estimate of drug-likeness (QED) is 0.627. The monoisotopic (exact) mass is 294 g/mol. The molecule has 0 saturated carbocycles. The number of hydrogen-bond donors (Lipinski definition) is 2. The van der Waals surface area contributed by atoms with Crippen molar-refractivity contribution in [1.29, 1.82) is 0 Å². The van der Waals surface area contributed by atoms with Gasteiger partial charge < -0.3 is 4.98 Å². The number of aromatic amines is 1. The molecule has 22 heavy (non-hydrogen) atoms. The molecule has 1 aliphatic rings. The summed E-state index contributed by atoms with van der Waals surface area (Å²) < 4.78 is 0. The Hall–Kier alpha value is -2.62. The van der Waals surface area contributed by atoms with Gasteiger partial charge in [-0.15, -0.1) is 0 Å². The van der Waals surface area contributed by atoms with Gasteiger partial charge in [0.2, 0.25) is 0 Å². The van der Waals surface area contributed by atoms with Crippen molar-refractivity contribution < 1.29 is 9.59 Å². The fourth-order valence-electron chi connectivity index (χ4n) is 2.50. The minimum absolute atomic E-state index is 0.0377. The number of rotatable bonds is 1. The highest BCUT2D eigenvalue weighted by Gasteiger charge is 2.26. The topological polar surface area (TPSA) is 62.0 Å². The van der Waals surface area contributed by atoms with Crippen LogP contribution in [0.2, 0.25) is 0 Å². The van der Waals surface area contributed by atoms with Gasteiger partial charge in [0, 0.05) is 28.6 Å². The summed E-state index contributed by atoms with van der Waals surface area (Å²) in [5.41, 5.74) is 3.74. The van der Waals surface area contributed by atoms with E-state index >= 15 is 0 Å². The molecule has 4 heteroatoms. The molecule has 112 valence electrons. The molecule has 1 aromatic heterocycles. The summed E-state index contributed by atoms with van der Waals surface area (Å²) in [6, 6.07) is 9.16. The van der Waals surface area contributed by atoms with E-state index in [1.807, 2.05) is 18.3 Å². The molecule has 2 heterocycles. The third kappa shape index (κ3) is 2.48. The molecular weight excluding hydrogens is 276 g/mol. The standard InChI is InChI=1S/C18H18N2O2/c1-18(2,3)11-8-12(19-10-11)9-15-13-6-4-5-7-14(13)16(21)20-17(15)22/h4-10,19H,1-3H3,(H,20,21,22). The van der Waals surface area contributed by atoms with E-state index < -0.39 is 0 Å². The van der Waals surface area contributed by atoms with Crippen LogP contribution in [0.1, 0.15) is 48.0 Å². The Balaban J connectivity index is 2.07. The van der Waals surface area contributed by atoms with Crippen molar-refractivity contribution in [3.05, 3.63) is 58.9 Å². The van der Waals surface area contributed by atoms with Gasteiger partial charge in [0.25, 0.3) is 11.8 Å². The first-order chi connectivity index (χ1) is 10.4. The second-order valence-electron chi connectivity index (χ2n) is 6.48. The predicted molar refractivity (Wildman–Crippen MR) is 86.3 cm³/mol.